The van der Waals surface area contributed by atoms with E-state index in [9.17, 15) is 4.79 Å². The molecule has 132 valence electrons. The van der Waals surface area contributed by atoms with E-state index in [-0.39, 0.29) is 5.91 Å². The van der Waals surface area contributed by atoms with E-state index in [1.165, 1.54) is 11.3 Å². The number of hydrogen-bond acceptors (Lipinski definition) is 4. The van der Waals surface area contributed by atoms with Crippen molar-refractivity contribution in [3.05, 3.63) is 53.6 Å². The van der Waals surface area contributed by atoms with E-state index in [1.807, 2.05) is 4.90 Å². The summed E-state index contributed by atoms with van der Waals surface area (Å²) in [6.45, 7) is 5.19. The monoisotopic (exact) mass is 340 g/mol. The van der Waals surface area contributed by atoms with Crippen molar-refractivity contribution in [3.63, 3.8) is 0 Å². The van der Waals surface area contributed by atoms with Gasteiger partial charge in [0, 0.05) is 37.4 Å². The number of anilines is 1. The maximum Gasteiger partial charge on any atom is 0.254 e. The van der Waals surface area contributed by atoms with E-state index in [1.54, 1.807) is 32.4 Å². The van der Waals surface area contributed by atoms with Crippen LogP contribution < -0.4 is 14.4 Å². The van der Waals surface area contributed by atoms with Crippen LogP contribution in [0.15, 0.2) is 42.5 Å². The quantitative estimate of drug-likeness (QED) is 0.858. The Morgan fingerprint density at radius 3 is 2.28 bits per heavy atom. The molecule has 2 aromatic rings. The van der Waals surface area contributed by atoms with Gasteiger partial charge in [-0.2, -0.15) is 0 Å². The summed E-state index contributed by atoms with van der Waals surface area (Å²) in [6, 6.07) is 13.8. The Kier molecular flexibility index (Phi) is 5.12. The highest BCUT2D eigenvalue weighted by molar-refractivity contribution is 5.95. The second-order valence-corrected chi connectivity index (χ2v) is 6.19. The van der Waals surface area contributed by atoms with Crippen LogP contribution in [0, 0.1) is 6.92 Å². The Morgan fingerprint density at radius 2 is 1.64 bits per heavy atom. The number of benzene rings is 2. The van der Waals surface area contributed by atoms with Crippen molar-refractivity contribution in [2.24, 2.45) is 0 Å². The lowest BCUT2D eigenvalue weighted by Gasteiger charge is -2.36. The number of carbonyl (C=O) groups excluding carboxylic acids is 1. The minimum Gasteiger partial charge on any atom is -0.493 e. The van der Waals surface area contributed by atoms with Crippen molar-refractivity contribution < 1.29 is 14.3 Å². The molecule has 0 saturated carbocycles. The van der Waals surface area contributed by atoms with Crippen molar-refractivity contribution >= 4 is 11.6 Å². The highest BCUT2D eigenvalue weighted by Crippen LogP contribution is 2.28. The van der Waals surface area contributed by atoms with Crippen molar-refractivity contribution in [1.29, 1.82) is 0 Å². The van der Waals surface area contributed by atoms with E-state index >= 15 is 0 Å². The molecular formula is C20H24N2O3. The van der Waals surface area contributed by atoms with E-state index in [2.05, 4.69) is 36.1 Å². The fourth-order valence-corrected chi connectivity index (χ4v) is 3.14. The molecule has 0 N–H and O–H groups in total. The van der Waals surface area contributed by atoms with Crippen LogP contribution in [-0.2, 0) is 0 Å². The van der Waals surface area contributed by atoms with Crippen molar-refractivity contribution in [3.8, 4) is 11.5 Å². The first-order valence-electron chi connectivity index (χ1n) is 8.45. The lowest BCUT2D eigenvalue weighted by atomic mass is 10.1. The van der Waals surface area contributed by atoms with Gasteiger partial charge in [-0.3, -0.25) is 4.79 Å². The molecule has 1 aliphatic heterocycles. The van der Waals surface area contributed by atoms with Gasteiger partial charge in [-0.25, -0.2) is 0 Å². The predicted molar refractivity (Wildman–Crippen MR) is 98.8 cm³/mol. The van der Waals surface area contributed by atoms with Crippen LogP contribution in [0.4, 0.5) is 5.69 Å². The third kappa shape index (κ3) is 3.71. The van der Waals surface area contributed by atoms with Gasteiger partial charge >= 0.3 is 0 Å². The first-order valence-corrected chi connectivity index (χ1v) is 8.45. The summed E-state index contributed by atoms with van der Waals surface area (Å²) in [5.41, 5.74) is 3.10. The lowest BCUT2D eigenvalue weighted by Crippen LogP contribution is -2.48. The molecule has 1 saturated heterocycles. The average molecular weight is 340 g/mol. The van der Waals surface area contributed by atoms with E-state index in [4.69, 9.17) is 9.47 Å². The summed E-state index contributed by atoms with van der Waals surface area (Å²) < 4.78 is 10.5. The number of hydrogen-bond donors (Lipinski definition) is 0. The van der Waals surface area contributed by atoms with Crippen molar-refractivity contribution in [1.82, 2.24) is 4.90 Å². The molecule has 0 bridgehead atoms. The van der Waals surface area contributed by atoms with Gasteiger partial charge in [0.15, 0.2) is 11.5 Å². The van der Waals surface area contributed by atoms with E-state index in [0.717, 1.165) is 13.1 Å². The highest BCUT2D eigenvalue weighted by Gasteiger charge is 2.23. The summed E-state index contributed by atoms with van der Waals surface area (Å²) in [6.07, 6.45) is 0. The van der Waals surface area contributed by atoms with Gasteiger partial charge in [0.05, 0.1) is 14.2 Å². The van der Waals surface area contributed by atoms with Gasteiger partial charge in [-0.05, 0) is 42.8 Å². The summed E-state index contributed by atoms with van der Waals surface area (Å²) >= 11 is 0. The van der Waals surface area contributed by atoms with Gasteiger partial charge in [-0.15, -0.1) is 0 Å². The van der Waals surface area contributed by atoms with Crippen LogP contribution in [0.3, 0.4) is 0 Å². The van der Waals surface area contributed by atoms with Crippen LogP contribution in [0.5, 0.6) is 11.5 Å². The molecule has 5 heteroatoms. The first-order chi connectivity index (χ1) is 12.1. The van der Waals surface area contributed by atoms with Crippen molar-refractivity contribution in [2.45, 2.75) is 6.92 Å². The Balaban J connectivity index is 1.67. The maximum absolute atomic E-state index is 12.8. The largest absolute Gasteiger partial charge is 0.493 e. The second-order valence-electron chi connectivity index (χ2n) is 6.19. The molecule has 3 rings (SSSR count). The van der Waals surface area contributed by atoms with E-state index < -0.39 is 0 Å². The van der Waals surface area contributed by atoms with Crippen LogP contribution >= 0.6 is 0 Å². The van der Waals surface area contributed by atoms with Gasteiger partial charge in [0.25, 0.3) is 5.91 Å². The van der Waals surface area contributed by atoms with Gasteiger partial charge < -0.3 is 19.3 Å². The molecule has 0 atom stereocenters. The third-order valence-corrected chi connectivity index (χ3v) is 4.56. The van der Waals surface area contributed by atoms with Crippen LogP contribution in [0.2, 0.25) is 0 Å². The van der Waals surface area contributed by atoms with Crippen molar-refractivity contribution in [2.75, 3.05) is 45.3 Å². The number of aryl methyl sites for hydroxylation is 1. The normalized spacial score (nSPS) is 14.4. The summed E-state index contributed by atoms with van der Waals surface area (Å²) in [5.74, 6) is 1.24. The zero-order chi connectivity index (χ0) is 17.8. The Morgan fingerprint density at radius 1 is 0.920 bits per heavy atom. The molecule has 1 fully saturated rings. The highest BCUT2D eigenvalue weighted by atomic mass is 16.5. The molecule has 1 heterocycles. The SMILES string of the molecule is COc1ccc(C(=O)N2CCN(c3cccc(C)c3)CC2)cc1OC. The fraction of sp³-hybridized carbons (Fsp3) is 0.350. The summed E-state index contributed by atoms with van der Waals surface area (Å²) in [7, 11) is 3.16. The predicted octanol–water partition coefficient (Wildman–Crippen LogP) is 2.97. The fourth-order valence-electron chi connectivity index (χ4n) is 3.14. The molecule has 0 aromatic heterocycles. The number of carbonyl (C=O) groups is 1. The second kappa shape index (κ2) is 7.47. The van der Waals surface area contributed by atoms with E-state index in [0.29, 0.717) is 30.2 Å². The van der Waals surface area contributed by atoms with Gasteiger partial charge in [-0.1, -0.05) is 12.1 Å². The molecule has 1 aliphatic rings. The number of rotatable bonds is 4. The number of nitrogens with zero attached hydrogens (tertiary/aromatic N) is 2. The number of ether oxygens (including phenoxy) is 2. The Bertz CT molecular complexity index is 752. The van der Waals surface area contributed by atoms with Crippen LogP contribution in [0.1, 0.15) is 15.9 Å². The zero-order valence-electron chi connectivity index (χ0n) is 15.0. The molecule has 0 unspecified atom stereocenters. The third-order valence-electron chi connectivity index (χ3n) is 4.56. The smallest absolute Gasteiger partial charge is 0.254 e. The number of amides is 1. The average Bonchev–Trinajstić information content (AvgIpc) is 2.67. The summed E-state index contributed by atoms with van der Waals surface area (Å²) in [4.78, 5) is 17.0. The molecular weight excluding hydrogens is 316 g/mol. The van der Waals surface area contributed by atoms with Crippen LogP contribution in [-0.4, -0.2) is 51.2 Å². The summed E-state index contributed by atoms with van der Waals surface area (Å²) in [5, 5.41) is 0. The molecule has 2 aromatic carbocycles. The Labute approximate surface area is 148 Å². The number of piperazine rings is 1. The standard InChI is InChI=1S/C20H24N2O3/c1-15-5-4-6-17(13-15)21-9-11-22(12-10-21)20(23)16-7-8-18(24-2)19(14-16)25-3/h4-8,13-14H,9-12H2,1-3H3. The Hall–Kier alpha value is -2.69. The molecule has 0 radical (unpaired) electrons. The molecule has 25 heavy (non-hydrogen) atoms. The van der Waals surface area contributed by atoms with Gasteiger partial charge in [0.2, 0.25) is 0 Å². The maximum atomic E-state index is 12.8. The molecule has 0 aliphatic carbocycles. The lowest BCUT2D eigenvalue weighted by molar-refractivity contribution is 0.0746. The topological polar surface area (TPSA) is 42.0 Å². The minimum absolute atomic E-state index is 0.0323. The van der Waals surface area contributed by atoms with Crippen LogP contribution in [0.25, 0.3) is 0 Å². The number of methoxy groups -OCH3 is 2. The van der Waals surface area contributed by atoms with Gasteiger partial charge in [0.1, 0.15) is 0 Å². The minimum atomic E-state index is 0.0323. The molecule has 5 nitrogen and oxygen atoms in total. The molecule has 0 spiro atoms. The zero-order valence-corrected chi connectivity index (χ0v) is 15.0. The first kappa shape index (κ1) is 17.1. The molecule has 1 amide bonds.